The standard InChI is InChI=1S/C19H20FN5O2/c1-24(2)17(14-5-4-6-15(20)11-14)19(26)25(3)12-16-22-18(23-27-16)13-7-9-21-10-8-13/h4-11,17H,12H2,1-3H3/t17-/m1/s1. The molecule has 2 aromatic heterocycles. The number of carbonyl (C=O) groups excluding carboxylic acids is 1. The Morgan fingerprint density at radius 2 is 1.93 bits per heavy atom. The monoisotopic (exact) mass is 369 g/mol. The highest BCUT2D eigenvalue weighted by molar-refractivity contribution is 5.83. The summed E-state index contributed by atoms with van der Waals surface area (Å²) in [4.78, 5) is 24.4. The maximum absolute atomic E-state index is 13.6. The number of benzene rings is 1. The molecule has 0 radical (unpaired) electrons. The van der Waals surface area contributed by atoms with Crippen molar-refractivity contribution in [1.29, 1.82) is 0 Å². The largest absolute Gasteiger partial charge is 0.337 e. The van der Waals surface area contributed by atoms with Crippen molar-refractivity contribution in [2.24, 2.45) is 0 Å². The molecule has 0 spiro atoms. The maximum atomic E-state index is 13.6. The molecule has 0 fully saturated rings. The number of likely N-dealkylation sites (N-methyl/N-ethyl adjacent to an activating group) is 2. The van der Waals surface area contributed by atoms with Crippen molar-refractivity contribution in [2.75, 3.05) is 21.1 Å². The number of pyridine rings is 1. The summed E-state index contributed by atoms with van der Waals surface area (Å²) >= 11 is 0. The number of amides is 1. The van der Waals surface area contributed by atoms with Crippen molar-refractivity contribution in [2.45, 2.75) is 12.6 Å². The van der Waals surface area contributed by atoms with Crippen molar-refractivity contribution in [1.82, 2.24) is 24.9 Å². The minimum Gasteiger partial charge on any atom is -0.337 e. The summed E-state index contributed by atoms with van der Waals surface area (Å²) in [7, 11) is 5.19. The van der Waals surface area contributed by atoms with Gasteiger partial charge in [-0.05, 0) is 43.9 Å². The van der Waals surface area contributed by atoms with Crippen LogP contribution >= 0.6 is 0 Å². The van der Waals surface area contributed by atoms with Crippen LogP contribution < -0.4 is 0 Å². The molecule has 0 aliphatic heterocycles. The Bertz CT molecular complexity index is 913. The highest BCUT2D eigenvalue weighted by Crippen LogP contribution is 2.22. The fourth-order valence-electron chi connectivity index (χ4n) is 2.77. The van der Waals surface area contributed by atoms with E-state index >= 15 is 0 Å². The molecule has 1 aromatic carbocycles. The van der Waals surface area contributed by atoms with Crippen molar-refractivity contribution in [3.05, 3.63) is 66.1 Å². The Hall–Kier alpha value is -3.13. The fourth-order valence-corrected chi connectivity index (χ4v) is 2.77. The lowest BCUT2D eigenvalue weighted by molar-refractivity contribution is -0.135. The summed E-state index contributed by atoms with van der Waals surface area (Å²) in [6, 6.07) is 8.97. The number of nitrogens with zero attached hydrogens (tertiary/aromatic N) is 5. The fraction of sp³-hybridized carbons (Fsp3) is 0.263. The van der Waals surface area contributed by atoms with Gasteiger partial charge in [-0.15, -0.1) is 0 Å². The number of carbonyl (C=O) groups is 1. The average molecular weight is 369 g/mol. The molecule has 0 bridgehead atoms. The summed E-state index contributed by atoms with van der Waals surface area (Å²) in [5, 5.41) is 3.94. The quantitative estimate of drug-likeness (QED) is 0.665. The molecular weight excluding hydrogens is 349 g/mol. The third kappa shape index (κ3) is 4.35. The van der Waals surface area contributed by atoms with E-state index in [1.807, 2.05) is 0 Å². The molecule has 0 aliphatic carbocycles. The lowest BCUT2D eigenvalue weighted by Gasteiger charge is -2.28. The van der Waals surface area contributed by atoms with Gasteiger partial charge in [-0.3, -0.25) is 14.7 Å². The van der Waals surface area contributed by atoms with Gasteiger partial charge in [0, 0.05) is 25.0 Å². The van der Waals surface area contributed by atoms with E-state index in [0.29, 0.717) is 17.3 Å². The third-order valence-corrected chi connectivity index (χ3v) is 4.07. The van der Waals surface area contributed by atoms with Gasteiger partial charge in [0.1, 0.15) is 11.9 Å². The van der Waals surface area contributed by atoms with E-state index < -0.39 is 6.04 Å². The minimum atomic E-state index is -0.617. The second kappa shape index (κ2) is 8.05. The summed E-state index contributed by atoms with van der Waals surface area (Å²) in [6.45, 7) is 0.149. The average Bonchev–Trinajstić information content (AvgIpc) is 3.11. The van der Waals surface area contributed by atoms with Crippen LogP contribution in [0.1, 0.15) is 17.5 Å². The predicted molar refractivity (Wildman–Crippen MR) is 96.8 cm³/mol. The molecule has 7 nitrogen and oxygen atoms in total. The van der Waals surface area contributed by atoms with Gasteiger partial charge in [-0.25, -0.2) is 4.39 Å². The normalized spacial score (nSPS) is 12.2. The maximum Gasteiger partial charge on any atom is 0.246 e. The smallest absolute Gasteiger partial charge is 0.246 e. The molecule has 0 saturated heterocycles. The lowest BCUT2D eigenvalue weighted by atomic mass is 10.0. The predicted octanol–water partition coefficient (Wildman–Crippen LogP) is 2.53. The van der Waals surface area contributed by atoms with Gasteiger partial charge in [0.25, 0.3) is 0 Å². The molecule has 27 heavy (non-hydrogen) atoms. The van der Waals surface area contributed by atoms with Gasteiger partial charge in [0.15, 0.2) is 0 Å². The molecule has 140 valence electrons. The van der Waals surface area contributed by atoms with Gasteiger partial charge < -0.3 is 9.42 Å². The van der Waals surface area contributed by atoms with Crippen LogP contribution in [0.2, 0.25) is 0 Å². The number of hydrogen-bond acceptors (Lipinski definition) is 6. The summed E-state index contributed by atoms with van der Waals surface area (Å²) in [6.07, 6.45) is 3.28. The summed E-state index contributed by atoms with van der Waals surface area (Å²) < 4.78 is 18.8. The van der Waals surface area contributed by atoms with Crippen molar-refractivity contribution in [3.8, 4) is 11.4 Å². The summed E-state index contributed by atoms with van der Waals surface area (Å²) in [5.41, 5.74) is 1.36. The zero-order valence-corrected chi connectivity index (χ0v) is 15.3. The van der Waals surface area contributed by atoms with E-state index in [1.165, 1.54) is 17.0 Å². The Morgan fingerprint density at radius 1 is 1.19 bits per heavy atom. The van der Waals surface area contributed by atoms with Gasteiger partial charge in [0.2, 0.25) is 17.6 Å². The van der Waals surface area contributed by atoms with Crippen molar-refractivity contribution in [3.63, 3.8) is 0 Å². The number of aromatic nitrogens is 3. The molecule has 8 heteroatoms. The third-order valence-electron chi connectivity index (χ3n) is 4.07. The first-order chi connectivity index (χ1) is 13.0. The van der Waals surface area contributed by atoms with Crippen LogP contribution in [-0.4, -0.2) is 52.0 Å². The Morgan fingerprint density at radius 3 is 2.59 bits per heavy atom. The van der Waals surface area contributed by atoms with Gasteiger partial charge in [0.05, 0.1) is 6.54 Å². The van der Waals surface area contributed by atoms with Crippen LogP contribution in [0.4, 0.5) is 4.39 Å². The first-order valence-electron chi connectivity index (χ1n) is 8.35. The van der Waals surface area contributed by atoms with E-state index in [9.17, 15) is 9.18 Å². The zero-order valence-electron chi connectivity index (χ0n) is 15.3. The van der Waals surface area contributed by atoms with Crippen LogP contribution in [0.15, 0.2) is 53.3 Å². The van der Waals surface area contributed by atoms with Crippen LogP contribution in [0.3, 0.4) is 0 Å². The minimum absolute atomic E-state index is 0.149. The molecule has 0 unspecified atom stereocenters. The lowest BCUT2D eigenvalue weighted by Crippen LogP contribution is -2.38. The van der Waals surface area contributed by atoms with Crippen molar-refractivity contribution < 1.29 is 13.7 Å². The molecule has 3 rings (SSSR count). The number of rotatable bonds is 6. The van der Waals surface area contributed by atoms with E-state index in [-0.39, 0.29) is 18.3 Å². The van der Waals surface area contributed by atoms with E-state index in [4.69, 9.17) is 4.52 Å². The van der Waals surface area contributed by atoms with Crippen LogP contribution in [0.25, 0.3) is 11.4 Å². The van der Waals surface area contributed by atoms with Crippen LogP contribution in [0, 0.1) is 5.82 Å². The van der Waals surface area contributed by atoms with Gasteiger partial charge in [-0.2, -0.15) is 4.98 Å². The van der Waals surface area contributed by atoms with E-state index in [0.717, 1.165) is 5.56 Å². The highest BCUT2D eigenvalue weighted by Gasteiger charge is 2.27. The molecule has 3 aromatic rings. The van der Waals surface area contributed by atoms with Crippen LogP contribution in [0.5, 0.6) is 0 Å². The molecule has 2 heterocycles. The first kappa shape index (κ1) is 18.7. The second-order valence-electron chi connectivity index (χ2n) is 6.36. The molecule has 1 atom stereocenters. The second-order valence-corrected chi connectivity index (χ2v) is 6.36. The van der Waals surface area contributed by atoms with Crippen molar-refractivity contribution >= 4 is 5.91 Å². The van der Waals surface area contributed by atoms with Crippen LogP contribution in [-0.2, 0) is 11.3 Å². The highest BCUT2D eigenvalue weighted by atomic mass is 19.1. The Balaban J connectivity index is 1.75. The first-order valence-corrected chi connectivity index (χ1v) is 8.35. The Labute approximate surface area is 156 Å². The topological polar surface area (TPSA) is 75.4 Å². The molecular formula is C19H20FN5O2. The molecule has 0 aliphatic rings. The number of hydrogen-bond donors (Lipinski definition) is 0. The molecule has 0 N–H and O–H groups in total. The zero-order chi connectivity index (χ0) is 19.4. The molecule has 1 amide bonds. The van der Waals surface area contributed by atoms with Gasteiger partial charge in [-0.1, -0.05) is 17.3 Å². The SMILES string of the molecule is CN(Cc1nc(-c2ccncc2)no1)C(=O)[C@@H](c1cccc(F)c1)N(C)C. The van der Waals surface area contributed by atoms with E-state index in [1.54, 1.807) is 62.7 Å². The molecule has 0 saturated carbocycles. The number of halogens is 1. The van der Waals surface area contributed by atoms with Gasteiger partial charge >= 0.3 is 0 Å². The van der Waals surface area contributed by atoms with E-state index in [2.05, 4.69) is 15.1 Å². The summed E-state index contributed by atoms with van der Waals surface area (Å²) in [5.74, 6) is 0.167. The Kier molecular flexibility index (Phi) is 5.56.